The van der Waals surface area contributed by atoms with Crippen molar-refractivity contribution >= 4 is 11.3 Å². The molecule has 20 heavy (non-hydrogen) atoms. The monoisotopic (exact) mass is 285 g/mol. The summed E-state index contributed by atoms with van der Waals surface area (Å²) in [4.78, 5) is 3.02. The molecule has 1 aromatic carbocycles. The van der Waals surface area contributed by atoms with Crippen molar-refractivity contribution in [2.75, 3.05) is 6.54 Å². The molecule has 1 N–H and O–H groups in total. The second kappa shape index (κ2) is 6.11. The lowest BCUT2D eigenvalue weighted by molar-refractivity contribution is 0.494. The van der Waals surface area contributed by atoms with Crippen molar-refractivity contribution in [3.05, 3.63) is 57.8 Å². The molecule has 3 rings (SSSR count). The fourth-order valence-electron chi connectivity index (χ4n) is 3.10. The molecule has 106 valence electrons. The summed E-state index contributed by atoms with van der Waals surface area (Å²) >= 11 is 1.98. The van der Waals surface area contributed by atoms with Gasteiger partial charge in [-0.1, -0.05) is 44.2 Å². The normalized spacial score (nSPS) is 22.7. The van der Waals surface area contributed by atoms with Gasteiger partial charge in [-0.15, -0.1) is 11.3 Å². The SMILES string of the molecule is CCNC(c1ccc(CC)s1)C1CC1c1ccccc1. The Bertz CT molecular complexity index is 546. The first kappa shape index (κ1) is 13.8. The van der Waals surface area contributed by atoms with Crippen LogP contribution in [0.1, 0.15) is 47.5 Å². The minimum Gasteiger partial charge on any atom is -0.309 e. The Hall–Kier alpha value is -1.12. The fourth-order valence-corrected chi connectivity index (χ4v) is 4.21. The van der Waals surface area contributed by atoms with Gasteiger partial charge in [-0.25, -0.2) is 0 Å². The molecule has 1 aromatic heterocycles. The average molecular weight is 285 g/mol. The lowest BCUT2D eigenvalue weighted by Gasteiger charge is -2.16. The Morgan fingerprint density at radius 1 is 1.15 bits per heavy atom. The van der Waals surface area contributed by atoms with Gasteiger partial charge in [0.2, 0.25) is 0 Å². The molecule has 1 saturated carbocycles. The Labute approximate surface area is 126 Å². The van der Waals surface area contributed by atoms with Crippen LogP contribution >= 0.6 is 11.3 Å². The van der Waals surface area contributed by atoms with Crippen LogP contribution in [0.15, 0.2) is 42.5 Å². The molecule has 2 heteroatoms. The number of aryl methyl sites for hydroxylation is 1. The zero-order valence-corrected chi connectivity index (χ0v) is 13.1. The summed E-state index contributed by atoms with van der Waals surface area (Å²) in [6.07, 6.45) is 2.47. The Morgan fingerprint density at radius 2 is 1.95 bits per heavy atom. The molecule has 0 spiro atoms. The maximum atomic E-state index is 3.71. The van der Waals surface area contributed by atoms with Crippen molar-refractivity contribution < 1.29 is 0 Å². The molecule has 0 radical (unpaired) electrons. The second-order valence-electron chi connectivity index (χ2n) is 5.61. The molecule has 1 aliphatic rings. The number of nitrogens with one attached hydrogen (secondary N) is 1. The summed E-state index contributed by atoms with van der Waals surface area (Å²) < 4.78 is 0. The molecule has 0 saturated heterocycles. The second-order valence-corrected chi connectivity index (χ2v) is 6.81. The van der Waals surface area contributed by atoms with Crippen LogP contribution in [0, 0.1) is 5.92 Å². The van der Waals surface area contributed by atoms with E-state index < -0.39 is 0 Å². The van der Waals surface area contributed by atoms with E-state index in [1.54, 1.807) is 0 Å². The number of benzene rings is 1. The molecule has 3 atom stereocenters. The Morgan fingerprint density at radius 3 is 2.60 bits per heavy atom. The van der Waals surface area contributed by atoms with Gasteiger partial charge in [-0.2, -0.15) is 0 Å². The first-order chi connectivity index (χ1) is 9.83. The summed E-state index contributed by atoms with van der Waals surface area (Å²) in [5.41, 5.74) is 1.51. The molecule has 1 fully saturated rings. The van der Waals surface area contributed by atoms with Crippen molar-refractivity contribution in [2.45, 2.75) is 38.6 Å². The van der Waals surface area contributed by atoms with Gasteiger partial charge >= 0.3 is 0 Å². The highest BCUT2D eigenvalue weighted by molar-refractivity contribution is 7.12. The summed E-state index contributed by atoms with van der Waals surface area (Å²) in [6.45, 7) is 5.49. The fraction of sp³-hybridized carbons (Fsp3) is 0.444. The van der Waals surface area contributed by atoms with Gasteiger partial charge in [0, 0.05) is 15.8 Å². The van der Waals surface area contributed by atoms with Crippen LogP contribution in [0.5, 0.6) is 0 Å². The van der Waals surface area contributed by atoms with Crippen LogP contribution < -0.4 is 5.32 Å². The molecular formula is C18H23NS. The van der Waals surface area contributed by atoms with Crippen LogP contribution in [-0.2, 0) is 6.42 Å². The van der Waals surface area contributed by atoms with Crippen molar-refractivity contribution in [2.24, 2.45) is 5.92 Å². The first-order valence-electron chi connectivity index (χ1n) is 7.70. The third kappa shape index (κ3) is 2.82. The van der Waals surface area contributed by atoms with Gasteiger partial charge in [0.1, 0.15) is 0 Å². The standard InChI is InChI=1S/C18H23NS/c1-3-14-10-11-17(20-14)18(19-4-2)16-12-15(16)13-8-6-5-7-9-13/h5-11,15-16,18-19H,3-4,12H2,1-2H3. The van der Waals surface area contributed by atoms with Crippen LogP contribution in [0.4, 0.5) is 0 Å². The number of hydrogen-bond donors (Lipinski definition) is 1. The largest absolute Gasteiger partial charge is 0.309 e. The van der Waals surface area contributed by atoms with Gasteiger partial charge in [0.15, 0.2) is 0 Å². The third-order valence-corrected chi connectivity index (χ3v) is 5.57. The van der Waals surface area contributed by atoms with Crippen LogP contribution in [0.3, 0.4) is 0 Å². The van der Waals surface area contributed by atoms with E-state index in [-0.39, 0.29) is 0 Å². The molecule has 3 unspecified atom stereocenters. The topological polar surface area (TPSA) is 12.0 Å². The van der Waals surface area contributed by atoms with Crippen molar-refractivity contribution in [1.82, 2.24) is 5.32 Å². The van der Waals surface area contributed by atoms with E-state index >= 15 is 0 Å². The molecule has 0 aliphatic heterocycles. The van der Waals surface area contributed by atoms with E-state index in [1.165, 1.54) is 21.7 Å². The van der Waals surface area contributed by atoms with Crippen LogP contribution in [-0.4, -0.2) is 6.54 Å². The summed E-state index contributed by atoms with van der Waals surface area (Å²) in [5.74, 6) is 1.51. The number of rotatable bonds is 6. The molecular weight excluding hydrogens is 262 g/mol. The minimum atomic E-state index is 0.538. The molecule has 1 nitrogen and oxygen atoms in total. The van der Waals surface area contributed by atoms with Gasteiger partial charge in [0.05, 0.1) is 0 Å². The highest BCUT2D eigenvalue weighted by Crippen LogP contribution is 2.54. The zero-order chi connectivity index (χ0) is 13.9. The maximum absolute atomic E-state index is 3.71. The number of thiophene rings is 1. The average Bonchev–Trinajstić information content (AvgIpc) is 3.14. The molecule has 1 heterocycles. The predicted octanol–water partition coefficient (Wildman–Crippen LogP) is 4.76. The number of hydrogen-bond acceptors (Lipinski definition) is 2. The van der Waals surface area contributed by atoms with Gasteiger partial charge in [0.25, 0.3) is 0 Å². The van der Waals surface area contributed by atoms with Crippen molar-refractivity contribution in [3.8, 4) is 0 Å². The van der Waals surface area contributed by atoms with E-state index in [4.69, 9.17) is 0 Å². The molecule has 0 amide bonds. The van der Waals surface area contributed by atoms with Gasteiger partial charge in [-0.3, -0.25) is 0 Å². The molecule has 2 aromatic rings. The van der Waals surface area contributed by atoms with Crippen molar-refractivity contribution in [1.29, 1.82) is 0 Å². The van der Waals surface area contributed by atoms with E-state index in [2.05, 4.69) is 61.6 Å². The lowest BCUT2D eigenvalue weighted by Crippen LogP contribution is -2.22. The molecule has 0 bridgehead atoms. The summed E-state index contributed by atoms with van der Waals surface area (Å²) in [5, 5.41) is 3.71. The van der Waals surface area contributed by atoms with E-state index in [0.717, 1.165) is 24.8 Å². The zero-order valence-electron chi connectivity index (χ0n) is 12.3. The van der Waals surface area contributed by atoms with E-state index in [0.29, 0.717) is 6.04 Å². The van der Waals surface area contributed by atoms with E-state index in [9.17, 15) is 0 Å². The van der Waals surface area contributed by atoms with Gasteiger partial charge in [-0.05, 0) is 48.9 Å². The summed E-state index contributed by atoms with van der Waals surface area (Å²) in [6, 6.07) is 16.1. The summed E-state index contributed by atoms with van der Waals surface area (Å²) in [7, 11) is 0. The van der Waals surface area contributed by atoms with E-state index in [1.807, 2.05) is 11.3 Å². The highest BCUT2D eigenvalue weighted by Gasteiger charge is 2.44. The molecule has 1 aliphatic carbocycles. The quantitative estimate of drug-likeness (QED) is 0.806. The Balaban J connectivity index is 1.76. The smallest absolute Gasteiger partial charge is 0.0449 e. The van der Waals surface area contributed by atoms with Crippen molar-refractivity contribution in [3.63, 3.8) is 0 Å². The van der Waals surface area contributed by atoms with Gasteiger partial charge < -0.3 is 5.32 Å². The highest BCUT2D eigenvalue weighted by atomic mass is 32.1. The predicted molar refractivity (Wildman–Crippen MR) is 87.4 cm³/mol. The third-order valence-electron chi connectivity index (χ3n) is 4.26. The van der Waals surface area contributed by atoms with Crippen LogP contribution in [0.2, 0.25) is 0 Å². The minimum absolute atomic E-state index is 0.538. The Kier molecular flexibility index (Phi) is 4.23. The lowest BCUT2D eigenvalue weighted by atomic mass is 10.0. The first-order valence-corrected chi connectivity index (χ1v) is 8.52. The maximum Gasteiger partial charge on any atom is 0.0449 e. The van der Waals surface area contributed by atoms with Crippen LogP contribution in [0.25, 0.3) is 0 Å².